The number of aromatic nitrogens is 1. The quantitative estimate of drug-likeness (QED) is 0.186. The summed E-state index contributed by atoms with van der Waals surface area (Å²) < 4.78 is 18.1. The summed E-state index contributed by atoms with van der Waals surface area (Å²) in [5.74, 6) is 0.349. The van der Waals surface area contributed by atoms with E-state index >= 15 is 0 Å². The van der Waals surface area contributed by atoms with Crippen LogP contribution in [0.4, 0.5) is 11.4 Å². The van der Waals surface area contributed by atoms with E-state index in [0.717, 1.165) is 71.0 Å². The number of carbonyl (C=O) groups is 1. The summed E-state index contributed by atoms with van der Waals surface area (Å²) in [5, 5.41) is 0. The summed E-state index contributed by atoms with van der Waals surface area (Å²) in [6.07, 6.45) is 1.17. The summed E-state index contributed by atoms with van der Waals surface area (Å²) in [5.41, 5.74) is 6.72. The second-order valence-corrected chi connectivity index (χ2v) is 13.0. The number of rotatable bonds is 9. The third-order valence-electron chi connectivity index (χ3n) is 7.86. The summed E-state index contributed by atoms with van der Waals surface area (Å²) in [6, 6.07) is 15.5. The fourth-order valence-electron chi connectivity index (χ4n) is 5.52. The highest BCUT2D eigenvalue weighted by atomic mass is 16.6. The van der Waals surface area contributed by atoms with Gasteiger partial charge < -0.3 is 19.1 Å². The van der Waals surface area contributed by atoms with Gasteiger partial charge in [-0.05, 0) is 83.1 Å². The third-order valence-corrected chi connectivity index (χ3v) is 7.86. The van der Waals surface area contributed by atoms with Crippen molar-refractivity contribution in [1.82, 2.24) is 4.98 Å². The lowest BCUT2D eigenvalue weighted by atomic mass is 9.82. The van der Waals surface area contributed by atoms with Gasteiger partial charge in [0.05, 0.1) is 24.5 Å². The molecule has 1 aliphatic heterocycles. The van der Waals surface area contributed by atoms with Gasteiger partial charge in [-0.25, -0.2) is 9.64 Å². The Morgan fingerprint density at radius 3 is 2.21 bits per heavy atom. The van der Waals surface area contributed by atoms with Crippen LogP contribution in [0, 0.1) is 25.8 Å². The van der Waals surface area contributed by atoms with Crippen molar-refractivity contribution in [3.05, 3.63) is 82.5 Å². The zero-order valence-electron chi connectivity index (χ0n) is 26.9. The predicted octanol–water partition coefficient (Wildman–Crippen LogP) is 8.54. The minimum atomic E-state index is -0.909. The standard InChI is InChI=1S/C36H45N3O4/c1-10-41-34(40)33(43-35(4,5)6)31-25(3)38-24(2)30(32(31)39-21-19-36(7,8)20-22-39)27-13-17-29(18-14-27)42-23-26-11-15-28(37-9)16-12-26/h11-18,33H,10,19-23H2,1-8H3/t33-/m0/s1. The second-order valence-electron chi connectivity index (χ2n) is 13.0. The van der Waals surface area contributed by atoms with Crippen LogP contribution >= 0.6 is 0 Å². The molecule has 0 saturated carbocycles. The number of hydrogen-bond acceptors (Lipinski definition) is 6. The van der Waals surface area contributed by atoms with E-state index in [1.54, 1.807) is 12.1 Å². The van der Waals surface area contributed by atoms with E-state index in [1.807, 2.05) is 65.8 Å². The van der Waals surface area contributed by atoms with E-state index in [1.165, 1.54) is 0 Å². The Morgan fingerprint density at radius 2 is 1.65 bits per heavy atom. The predicted molar refractivity (Wildman–Crippen MR) is 172 cm³/mol. The van der Waals surface area contributed by atoms with Gasteiger partial charge in [0, 0.05) is 35.6 Å². The highest BCUT2D eigenvalue weighted by Crippen LogP contribution is 2.45. The Kier molecular flexibility index (Phi) is 9.82. The number of pyridine rings is 1. The zero-order valence-corrected chi connectivity index (χ0v) is 26.9. The zero-order chi connectivity index (χ0) is 31.4. The lowest BCUT2D eigenvalue weighted by Crippen LogP contribution is -2.39. The van der Waals surface area contributed by atoms with E-state index in [2.05, 4.69) is 35.7 Å². The molecule has 4 rings (SSSR count). The molecule has 0 spiro atoms. The molecule has 0 amide bonds. The summed E-state index contributed by atoms with van der Waals surface area (Å²) in [7, 11) is 0. The number of hydrogen-bond donors (Lipinski definition) is 0. The Hall–Kier alpha value is -3.89. The van der Waals surface area contributed by atoms with Crippen LogP contribution in [0.1, 0.15) is 83.0 Å². The number of anilines is 1. The first-order valence-corrected chi connectivity index (χ1v) is 15.1. The van der Waals surface area contributed by atoms with Crippen LogP contribution in [0.2, 0.25) is 0 Å². The van der Waals surface area contributed by atoms with Crippen LogP contribution in [-0.2, 0) is 20.9 Å². The molecule has 1 aromatic heterocycles. The number of ether oxygens (including phenoxy) is 3. The van der Waals surface area contributed by atoms with Crippen molar-refractivity contribution in [2.24, 2.45) is 5.41 Å². The van der Waals surface area contributed by atoms with Gasteiger partial charge in [-0.3, -0.25) is 4.98 Å². The molecule has 1 fully saturated rings. The minimum Gasteiger partial charge on any atom is -0.489 e. The number of esters is 1. The monoisotopic (exact) mass is 583 g/mol. The van der Waals surface area contributed by atoms with E-state index < -0.39 is 17.7 Å². The highest BCUT2D eigenvalue weighted by Gasteiger charge is 2.37. The fourth-order valence-corrected chi connectivity index (χ4v) is 5.52. The number of piperidine rings is 1. The van der Waals surface area contributed by atoms with Crippen LogP contribution in [0.25, 0.3) is 16.0 Å². The molecular formula is C36H45N3O4. The summed E-state index contributed by atoms with van der Waals surface area (Å²) >= 11 is 0. The molecule has 2 heterocycles. The van der Waals surface area contributed by atoms with Gasteiger partial charge in [-0.15, -0.1) is 0 Å². The van der Waals surface area contributed by atoms with Crippen molar-refractivity contribution in [2.75, 3.05) is 24.6 Å². The van der Waals surface area contributed by atoms with Crippen LogP contribution < -0.4 is 9.64 Å². The summed E-state index contributed by atoms with van der Waals surface area (Å²) in [6.45, 7) is 25.9. The molecule has 0 radical (unpaired) electrons. The van der Waals surface area contributed by atoms with E-state index in [0.29, 0.717) is 12.3 Å². The van der Waals surface area contributed by atoms with Crippen LogP contribution in [0.15, 0.2) is 48.5 Å². The molecule has 0 bridgehead atoms. The molecule has 0 N–H and O–H groups in total. The van der Waals surface area contributed by atoms with Crippen molar-refractivity contribution in [2.45, 2.75) is 86.5 Å². The van der Waals surface area contributed by atoms with Gasteiger partial charge in [0.1, 0.15) is 12.4 Å². The van der Waals surface area contributed by atoms with Gasteiger partial charge >= 0.3 is 5.97 Å². The number of aryl methyl sites for hydroxylation is 2. The van der Waals surface area contributed by atoms with Gasteiger partial charge in [0.15, 0.2) is 11.8 Å². The molecular weight excluding hydrogens is 538 g/mol. The second kappa shape index (κ2) is 13.2. The molecule has 0 unspecified atom stereocenters. The Labute approximate surface area is 257 Å². The average Bonchev–Trinajstić information content (AvgIpc) is 2.95. The maximum absolute atomic E-state index is 13.5. The smallest absolute Gasteiger partial charge is 0.340 e. The van der Waals surface area contributed by atoms with E-state index in [4.69, 9.17) is 25.8 Å². The first-order chi connectivity index (χ1) is 20.3. The minimum absolute atomic E-state index is 0.256. The van der Waals surface area contributed by atoms with E-state index in [-0.39, 0.29) is 12.0 Å². The largest absolute Gasteiger partial charge is 0.489 e. The normalized spacial score (nSPS) is 15.5. The molecule has 7 nitrogen and oxygen atoms in total. The molecule has 3 aromatic rings. The Balaban J connectivity index is 1.78. The topological polar surface area (TPSA) is 65.2 Å². The Bertz CT molecular complexity index is 1450. The van der Waals surface area contributed by atoms with Crippen molar-refractivity contribution >= 4 is 17.3 Å². The third kappa shape index (κ3) is 7.94. The molecule has 43 heavy (non-hydrogen) atoms. The lowest BCUT2D eigenvalue weighted by Gasteiger charge is -2.41. The number of carbonyl (C=O) groups excluding carboxylic acids is 1. The highest BCUT2D eigenvalue weighted by molar-refractivity contribution is 5.88. The van der Waals surface area contributed by atoms with E-state index in [9.17, 15) is 4.79 Å². The number of nitrogens with zero attached hydrogens (tertiary/aromatic N) is 3. The lowest BCUT2D eigenvalue weighted by molar-refractivity contribution is -0.166. The molecule has 228 valence electrons. The maximum Gasteiger partial charge on any atom is 0.340 e. The first-order valence-electron chi connectivity index (χ1n) is 15.1. The van der Waals surface area contributed by atoms with Gasteiger partial charge in [0.2, 0.25) is 0 Å². The van der Waals surface area contributed by atoms with Crippen LogP contribution in [-0.4, -0.2) is 36.3 Å². The average molecular weight is 584 g/mol. The molecule has 1 aliphatic rings. The molecule has 1 saturated heterocycles. The molecule has 2 aromatic carbocycles. The van der Waals surface area contributed by atoms with Gasteiger partial charge in [0.25, 0.3) is 0 Å². The van der Waals surface area contributed by atoms with Crippen molar-refractivity contribution in [3.8, 4) is 16.9 Å². The SMILES string of the molecule is [C-]#[N+]c1ccc(COc2ccc(-c3c(C)nc(C)c([C@H](OC(C)(C)C)C(=O)OCC)c3N3CCC(C)(C)CC3)cc2)cc1. The van der Waals surface area contributed by atoms with Crippen molar-refractivity contribution < 1.29 is 19.0 Å². The molecule has 1 atom stereocenters. The maximum atomic E-state index is 13.5. The van der Waals surface area contributed by atoms with Crippen molar-refractivity contribution in [1.29, 1.82) is 0 Å². The summed E-state index contributed by atoms with van der Waals surface area (Å²) in [4.78, 5) is 24.3. The number of benzene rings is 2. The van der Waals surface area contributed by atoms with Crippen LogP contribution in [0.5, 0.6) is 5.75 Å². The fraction of sp³-hybridized carbons (Fsp3) is 0.472. The van der Waals surface area contributed by atoms with Crippen molar-refractivity contribution in [3.63, 3.8) is 0 Å². The first kappa shape index (κ1) is 32.0. The molecule has 0 aliphatic carbocycles. The molecule has 7 heteroatoms. The van der Waals surface area contributed by atoms with Gasteiger partial charge in [-0.1, -0.05) is 50.2 Å². The van der Waals surface area contributed by atoms with Crippen LogP contribution in [0.3, 0.4) is 0 Å². The Morgan fingerprint density at radius 1 is 1.02 bits per heavy atom. The van der Waals surface area contributed by atoms with Gasteiger partial charge in [-0.2, -0.15) is 0 Å².